The van der Waals surface area contributed by atoms with E-state index in [1.807, 2.05) is 0 Å². The lowest BCUT2D eigenvalue weighted by molar-refractivity contribution is -0.378. The summed E-state index contributed by atoms with van der Waals surface area (Å²) in [5, 5.41) is 0. The standard InChI is InChI=1S/C97H114O39/c1-54(98)110-42-71-38-40-72(41-39-71)48-118-93-88(126-61(8)105)84(123-58(5)102)80(115-45-68-32-22-15-23-33-68)75(132-93)51-121-96-91(129-64(11)108)87(136-97-92(130-65(12)109)86(125-60(7)104)79(74(135-97)50-112-56(3)100)114-44-67-30-20-14-21-31-67)82(117-47-70-36-26-17-27-37-70)77(134-96)53-120-95-90(128-63(10)107)85(124-59(6)103)81(116-46-69-34-24-16-25-35-69)76(133-95)52-119-94-89(127-62(9)106)83(122-57(4)101)78(73(131-94)49-111-55(2)99)113-43-66-28-18-13-19-29-66/h13-41,73-97H,42-53H2,1-12H3/t73-,74-,75-,76-,77-,78-,79-,80-,81-,82-,83+,84+,85+,86+,87+,88-,89-,90-,91-,92-,93-,94+,95+,96+,97-/m1/s1. The van der Waals surface area contributed by atoms with E-state index in [2.05, 4.69) is 0 Å². The molecule has 5 aliphatic rings. The number of benzene rings is 6. The number of rotatable bonds is 44. The Labute approximate surface area is 784 Å². The molecule has 0 bridgehead atoms. The first-order chi connectivity index (χ1) is 65.3. The molecule has 11 rings (SSSR count). The van der Waals surface area contributed by atoms with Gasteiger partial charge < -0.3 is 128 Å². The number of carbonyl (C=O) groups excluding carboxylic acids is 12. The highest BCUT2D eigenvalue weighted by Crippen LogP contribution is 2.41. The fourth-order valence-corrected chi connectivity index (χ4v) is 15.8. The van der Waals surface area contributed by atoms with Gasteiger partial charge in [-0.15, -0.1) is 0 Å². The minimum Gasteiger partial charge on any atom is -0.463 e. The highest BCUT2D eigenvalue weighted by atomic mass is 16.8. The van der Waals surface area contributed by atoms with Crippen molar-refractivity contribution in [1.82, 2.24) is 0 Å². The van der Waals surface area contributed by atoms with Crippen LogP contribution in [0.25, 0.3) is 0 Å². The SMILES string of the molecule is CC(=O)OCc1ccc(CO[C@@H]2O[C@H](CO[C@H]3O[C@H](CO[C@H]4O[C@H](CO[C@H]5O[C@H](COC(C)=O)[C@@H](OCc6ccccc6)[C@H](OC(C)=O)[C@H]5OC(C)=O)[C@@H](OCc5ccccc5)[C@H](OC(C)=O)[C@H]4OC(C)=O)[C@@H](OCc4ccccc4)[C@H](O[C@H]4O[C@H](COC(C)=O)[C@@H](OCc5ccccc5)[C@H](OC(C)=O)[C@H]4OC(C)=O)[C@H]3OC(C)=O)[C@@H](OCc3ccccc3)[C@H](OC(C)=O)[C@H]2OC(C)=O)cc1. The van der Waals surface area contributed by atoms with Crippen LogP contribution in [0.2, 0.25) is 0 Å². The highest BCUT2D eigenvalue weighted by Gasteiger charge is 2.61. The molecule has 0 spiro atoms. The van der Waals surface area contributed by atoms with Gasteiger partial charge in [0, 0.05) is 83.1 Å². The average Bonchev–Trinajstić information content (AvgIpc) is 0.757. The summed E-state index contributed by atoms with van der Waals surface area (Å²) in [5.74, 6) is -10.5. The smallest absolute Gasteiger partial charge is 0.303 e. The van der Waals surface area contributed by atoms with Crippen molar-refractivity contribution in [2.45, 2.75) is 283 Å². The maximum Gasteiger partial charge on any atom is 0.303 e. The zero-order valence-electron chi connectivity index (χ0n) is 77.1. The Hall–Kier alpha value is -11.6. The van der Waals surface area contributed by atoms with Crippen LogP contribution in [0.4, 0.5) is 0 Å². The summed E-state index contributed by atoms with van der Waals surface area (Å²) in [6.07, 6.45) is -42.8. The first-order valence-corrected chi connectivity index (χ1v) is 44.0. The molecular formula is C97H114O39. The Balaban J connectivity index is 1.05. The molecule has 5 saturated heterocycles. The molecule has 0 aromatic heterocycles. The van der Waals surface area contributed by atoms with Crippen molar-refractivity contribution in [3.63, 3.8) is 0 Å². The van der Waals surface area contributed by atoms with Crippen LogP contribution in [0.5, 0.6) is 0 Å². The van der Waals surface area contributed by atoms with Crippen LogP contribution >= 0.6 is 0 Å². The normalized spacial score (nSPS) is 28.0. The van der Waals surface area contributed by atoms with Gasteiger partial charge in [0.1, 0.15) is 87.0 Å². The van der Waals surface area contributed by atoms with E-state index in [-0.39, 0.29) is 46.2 Å². The van der Waals surface area contributed by atoms with Gasteiger partial charge in [-0.2, -0.15) is 0 Å². The number of hydrogen-bond acceptors (Lipinski definition) is 39. The third kappa shape index (κ3) is 31.7. The summed E-state index contributed by atoms with van der Waals surface area (Å²) in [6, 6.07) is 50.2. The molecule has 5 heterocycles. The van der Waals surface area contributed by atoms with Gasteiger partial charge in [-0.05, 0) is 38.9 Å². The van der Waals surface area contributed by atoms with E-state index >= 15 is 0 Å². The lowest BCUT2D eigenvalue weighted by Gasteiger charge is -2.50. The summed E-state index contributed by atoms with van der Waals surface area (Å²) in [4.78, 5) is 161. The van der Waals surface area contributed by atoms with E-state index in [0.29, 0.717) is 38.9 Å². The van der Waals surface area contributed by atoms with Crippen molar-refractivity contribution in [3.8, 4) is 0 Å². The Bertz CT molecular complexity index is 4860. The second-order valence-corrected chi connectivity index (χ2v) is 32.3. The monoisotopic (exact) mass is 1900 g/mol. The van der Waals surface area contributed by atoms with Crippen LogP contribution < -0.4 is 0 Å². The van der Waals surface area contributed by atoms with Gasteiger partial charge in [-0.3, -0.25) is 57.5 Å². The van der Waals surface area contributed by atoms with Crippen LogP contribution in [0.1, 0.15) is 122 Å². The van der Waals surface area contributed by atoms with Gasteiger partial charge >= 0.3 is 71.6 Å². The Morgan fingerprint density at radius 2 is 0.375 bits per heavy atom. The molecule has 0 saturated carbocycles. The van der Waals surface area contributed by atoms with Gasteiger partial charge in [0.15, 0.2) is 86.4 Å². The molecule has 0 N–H and O–H groups in total. The number of esters is 12. The molecule has 39 heteroatoms. The van der Waals surface area contributed by atoms with Crippen LogP contribution in [0.3, 0.4) is 0 Å². The molecule has 39 nitrogen and oxygen atoms in total. The molecular weight excluding hydrogens is 1790 g/mol. The second kappa shape index (κ2) is 52.1. The van der Waals surface area contributed by atoms with Crippen LogP contribution in [0.15, 0.2) is 176 Å². The predicted molar refractivity (Wildman–Crippen MR) is 461 cm³/mol. The van der Waals surface area contributed by atoms with E-state index in [4.69, 9.17) is 128 Å². The largest absolute Gasteiger partial charge is 0.463 e. The quantitative estimate of drug-likeness (QED) is 0.0260. The molecule has 6 aromatic carbocycles. The van der Waals surface area contributed by atoms with Crippen LogP contribution in [-0.2, 0) is 232 Å². The van der Waals surface area contributed by atoms with Crippen molar-refractivity contribution < 1.29 is 185 Å². The third-order valence-corrected chi connectivity index (χ3v) is 21.4. The maximum atomic E-state index is 14.4. The lowest BCUT2D eigenvalue weighted by atomic mass is 9.95. The summed E-state index contributed by atoms with van der Waals surface area (Å²) >= 11 is 0. The van der Waals surface area contributed by atoms with E-state index in [0.717, 1.165) is 76.2 Å². The van der Waals surface area contributed by atoms with Gasteiger partial charge in [-0.1, -0.05) is 176 Å². The molecule has 25 atom stereocenters. The van der Waals surface area contributed by atoms with Crippen molar-refractivity contribution in [1.29, 1.82) is 0 Å². The van der Waals surface area contributed by atoms with Gasteiger partial charge in [0.05, 0.1) is 59.5 Å². The van der Waals surface area contributed by atoms with Crippen molar-refractivity contribution in [2.24, 2.45) is 0 Å². The molecule has 0 amide bonds. The maximum absolute atomic E-state index is 14.4. The zero-order chi connectivity index (χ0) is 97.5. The molecule has 0 radical (unpaired) electrons. The fraction of sp³-hybridized carbons (Fsp3) is 0.505. The van der Waals surface area contributed by atoms with E-state index in [1.54, 1.807) is 176 Å². The van der Waals surface area contributed by atoms with Crippen LogP contribution in [-0.4, -0.2) is 258 Å². The third-order valence-electron chi connectivity index (χ3n) is 21.4. The second-order valence-electron chi connectivity index (χ2n) is 32.3. The first-order valence-electron chi connectivity index (χ1n) is 44.0. The summed E-state index contributed by atoms with van der Waals surface area (Å²) in [5.41, 5.74) is 4.05. The topological polar surface area (TPSA) is 454 Å². The molecule has 736 valence electrons. The molecule has 136 heavy (non-hydrogen) atoms. The van der Waals surface area contributed by atoms with Gasteiger partial charge in [0.25, 0.3) is 0 Å². The fourth-order valence-electron chi connectivity index (χ4n) is 15.8. The lowest BCUT2D eigenvalue weighted by Crippen LogP contribution is -2.68. The van der Waals surface area contributed by atoms with Crippen molar-refractivity contribution in [2.75, 3.05) is 33.0 Å². The number of carbonyl (C=O) groups is 12. The molecule has 0 unspecified atom stereocenters. The highest BCUT2D eigenvalue weighted by molar-refractivity contribution is 5.71. The predicted octanol–water partition coefficient (Wildman–Crippen LogP) is 7.76. The number of hydrogen-bond donors (Lipinski definition) is 0. The van der Waals surface area contributed by atoms with E-state index in [9.17, 15) is 57.5 Å². The van der Waals surface area contributed by atoms with Crippen LogP contribution in [0, 0.1) is 0 Å². The molecule has 6 aromatic rings. The summed E-state index contributed by atoms with van der Waals surface area (Å²) in [6.45, 7) is 8.05. The Morgan fingerprint density at radius 1 is 0.184 bits per heavy atom. The Morgan fingerprint density at radius 3 is 0.625 bits per heavy atom. The Kier molecular flexibility index (Phi) is 40.1. The summed E-state index contributed by atoms with van der Waals surface area (Å²) in [7, 11) is 0. The van der Waals surface area contributed by atoms with E-state index in [1.165, 1.54) is 6.92 Å². The van der Waals surface area contributed by atoms with Crippen molar-refractivity contribution >= 4 is 71.6 Å². The van der Waals surface area contributed by atoms with Crippen molar-refractivity contribution in [3.05, 3.63) is 215 Å². The first kappa shape index (κ1) is 105. The minimum absolute atomic E-state index is 0.0472. The summed E-state index contributed by atoms with van der Waals surface area (Å²) < 4.78 is 174. The molecule has 5 fully saturated rings. The molecule has 0 aliphatic carbocycles. The average molecular weight is 1900 g/mol. The van der Waals surface area contributed by atoms with Gasteiger partial charge in [0.2, 0.25) is 0 Å². The molecule has 5 aliphatic heterocycles. The minimum atomic E-state index is -2.06. The number of ether oxygens (including phenoxy) is 27. The zero-order valence-corrected chi connectivity index (χ0v) is 77.1. The van der Waals surface area contributed by atoms with E-state index < -0.39 is 258 Å². The van der Waals surface area contributed by atoms with Gasteiger partial charge in [-0.25, -0.2) is 0 Å².